The molecule has 0 aliphatic heterocycles. The third-order valence-corrected chi connectivity index (χ3v) is 3.95. The van der Waals surface area contributed by atoms with Crippen LogP contribution in [-0.2, 0) is 0 Å². The average Bonchev–Trinajstić information content (AvgIpc) is 2.74. The van der Waals surface area contributed by atoms with Crippen molar-refractivity contribution < 1.29 is 8.78 Å². The molecule has 102 valence electrons. The lowest BCUT2D eigenvalue weighted by Gasteiger charge is -2.08. The van der Waals surface area contributed by atoms with Crippen LogP contribution in [0.2, 0.25) is 0 Å². The van der Waals surface area contributed by atoms with Crippen LogP contribution in [0.1, 0.15) is 5.82 Å². The van der Waals surface area contributed by atoms with Crippen LogP contribution in [-0.4, -0.2) is 15.8 Å². The first-order valence-electron chi connectivity index (χ1n) is 6.08. The molecule has 1 aromatic heterocycles. The molecule has 0 saturated heterocycles. The highest BCUT2D eigenvalue weighted by molar-refractivity contribution is 7.98. The number of hydrogen-bond acceptors (Lipinski definition) is 2. The summed E-state index contributed by atoms with van der Waals surface area (Å²) in [5.41, 5.74) is 1.97. The minimum Gasteiger partial charge on any atom is -0.296 e. The number of nitrogens with zero attached hydrogens (tertiary/aromatic N) is 2. The zero-order valence-electron chi connectivity index (χ0n) is 11.0. The van der Waals surface area contributed by atoms with Crippen LogP contribution in [0.4, 0.5) is 8.78 Å². The van der Waals surface area contributed by atoms with Gasteiger partial charge in [0.05, 0.1) is 16.7 Å². The summed E-state index contributed by atoms with van der Waals surface area (Å²) in [6.45, 7) is 1.82. The first-order chi connectivity index (χ1) is 9.60. The smallest absolute Gasteiger partial charge is 0.138 e. The van der Waals surface area contributed by atoms with Crippen LogP contribution in [0.5, 0.6) is 0 Å². The topological polar surface area (TPSA) is 17.8 Å². The fraction of sp³-hybridized carbons (Fsp3) is 0.133. The molecule has 0 aliphatic carbocycles. The maximum Gasteiger partial charge on any atom is 0.138 e. The highest BCUT2D eigenvalue weighted by Gasteiger charge is 2.12. The first kappa shape index (κ1) is 13.1. The minimum absolute atomic E-state index is 0.285. The van der Waals surface area contributed by atoms with Gasteiger partial charge in [0.15, 0.2) is 0 Å². The van der Waals surface area contributed by atoms with Crippen LogP contribution in [0, 0.1) is 18.6 Å². The van der Waals surface area contributed by atoms with E-state index in [1.165, 1.54) is 30.0 Å². The standard InChI is InChI=1S/C15H12F2N2S/c1-9-18-13-5-3-10(16)7-14(13)19(9)11-4-6-15(20-2)12(17)8-11/h3-8H,1-2H3. The molecule has 0 atom stereocenters. The Balaban J connectivity index is 2.26. The fourth-order valence-corrected chi connectivity index (χ4v) is 2.75. The Hall–Kier alpha value is -1.88. The molecule has 1 heterocycles. The molecule has 0 amide bonds. The second-order valence-corrected chi connectivity index (χ2v) is 5.29. The summed E-state index contributed by atoms with van der Waals surface area (Å²) in [6, 6.07) is 9.39. The number of hydrogen-bond donors (Lipinski definition) is 0. The summed E-state index contributed by atoms with van der Waals surface area (Å²) < 4.78 is 29.1. The minimum atomic E-state index is -0.333. The van der Waals surface area contributed by atoms with Crippen LogP contribution in [0.25, 0.3) is 16.7 Å². The van der Waals surface area contributed by atoms with Crippen molar-refractivity contribution in [3.8, 4) is 5.69 Å². The predicted octanol–water partition coefficient (Wildman–Crippen LogP) is 4.33. The maximum atomic E-state index is 13.9. The maximum absolute atomic E-state index is 13.9. The van der Waals surface area contributed by atoms with Gasteiger partial charge < -0.3 is 0 Å². The number of imidazole rings is 1. The summed E-state index contributed by atoms with van der Waals surface area (Å²) in [5, 5.41) is 0. The number of benzene rings is 2. The zero-order chi connectivity index (χ0) is 14.3. The summed E-state index contributed by atoms with van der Waals surface area (Å²) in [5.74, 6) is 0.0782. The summed E-state index contributed by atoms with van der Waals surface area (Å²) in [4.78, 5) is 4.96. The molecule has 2 nitrogen and oxygen atoms in total. The molecule has 2 aromatic carbocycles. The highest BCUT2D eigenvalue weighted by Crippen LogP contribution is 2.26. The van der Waals surface area contributed by atoms with Gasteiger partial charge in [0.2, 0.25) is 0 Å². The second-order valence-electron chi connectivity index (χ2n) is 4.45. The van der Waals surface area contributed by atoms with E-state index in [4.69, 9.17) is 0 Å². The Labute approximate surface area is 119 Å². The van der Waals surface area contributed by atoms with Crippen molar-refractivity contribution in [2.75, 3.05) is 6.26 Å². The molecule has 0 spiro atoms. The van der Waals surface area contributed by atoms with E-state index in [1.807, 2.05) is 19.2 Å². The number of aromatic nitrogens is 2. The zero-order valence-corrected chi connectivity index (χ0v) is 11.8. The molecule has 3 rings (SSSR count). The van der Waals surface area contributed by atoms with E-state index >= 15 is 0 Å². The first-order valence-corrected chi connectivity index (χ1v) is 7.31. The van der Waals surface area contributed by atoms with Gasteiger partial charge in [-0.2, -0.15) is 0 Å². The van der Waals surface area contributed by atoms with E-state index < -0.39 is 0 Å². The fourth-order valence-electron chi connectivity index (χ4n) is 2.29. The normalized spacial score (nSPS) is 11.2. The van der Waals surface area contributed by atoms with Crippen molar-refractivity contribution in [1.29, 1.82) is 0 Å². The van der Waals surface area contributed by atoms with Gasteiger partial charge >= 0.3 is 0 Å². The quantitative estimate of drug-likeness (QED) is 0.654. The van der Waals surface area contributed by atoms with E-state index in [2.05, 4.69) is 4.98 Å². The van der Waals surface area contributed by atoms with Crippen LogP contribution in [0.3, 0.4) is 0 Å². The van der Waals surface area contributed by atoms with Crippen LogP contribution in [0.15, 0.2) is 41.3 Å². The molecular formula is C15H12F2N2S. The van der Waals surface area contributed by atoms with Gasteiger partial charge in [-0.15, -0.1) is 11.8 Å². The number of thioether (sulfide) groups is 1. The molecule has 0 N–H and O–H groups in total. The van der Waals surface area contributed by atoms with Crippen molar-refractivity contribution in [3.63, 3.8) is 0 Å². The Morgan fingerprint density at radius 3 is 2.60 bits per heavy atom. The van der Waals surface area contributed by atoms with Gasteiger partial charge in [-0.05, 0) is 43.5 Å². The molecule has 20 heavy (non-hydrogen) atoms. The van der Waals surface area contributed by atoms with E-state index in [1.54, 1.807) is 16.7 Å². The molecule has 0 saturated carbocycles. The third kappa shape index (κ3) is 2.08. The van der Waals surface area contributed by atoms with Crippen molar-refractivity contribution in [1.82, 2.24) is 9.55 Å². The van der Waals surface area contributed by atoms with Crippen molar-refractivity contribution in [2.45, 2.75) is 11.8 Å². The molecule has 0 radical (unpaired) electrons. The van der Waals surface area contributed by atoms with Gasteiger partial charge in [0.25, 0.3) is 0 Å². The van der Waals surface area contributed by atoms with Crippen LogP contribution < -0.4 is 0 Å². The van der Waals surface area contributed by atoms with E-state index in [-0.39, 0.29) is 11.6 Å². The van der Waals surface area contributed by atoms with E-state index in [9.17, 15) is 8.78 Å². The lowest BCUT2D eigenvalue weighted by molar-refractivity contribution is 0.601. The van der Waals surface area contributed by atoms with Crippen molar-refractivity contribution in [3.05, 3.63) is 53.9 Å². The SMILES string of the molecule is CSc1ccc(-n2c(C)nc3ccc(F)cc32)cc1F. The summed E-state index contributed by atoms with van der Waals surface area (Å²) in [7, 11) is 0. The Bertz CT molecular complexity index is 796. The van der Waals surface area contributed by atoms with E-state index in [0.29, 0.717) is 27.4 Å². The molecule has 0 bridgehead atoms. The molecule has 3 aromatic rings. The van der Waals surface area contributed by atoms with Gasteiger partial charge in [0.1, 0.15) is 17.5 Å². The molecule has 5 heteroatoms. The Morgan fingerprint density at radius 2 is 1.90 bits per heavy atom. The average molecular weight is 290 g/mol. The molecule has 0 unspecified atom stereocenters. The molecule has 0 fully saturated rings. The summed E-state index contributed by atoms with van der Waals surface area (Å²) >= 11 is 1.35. The van der Waals surface area contributed by atoms with Gasteiger partial charge in [-0.1, -0.05) is 0 Å². The second kappa shape index (κ2) is 4.90. The van der Waals surface area contributed by atoms with Crippen LogP contribution >= 0.6 is 11.8 Å². The molecule has 0 aliphatic rings. The summed E-state index contributed by atoms with van der Waals surface area (Å²) in [6.07, 6.45) is 1.82. The number of rotatable bonds is 2. The lowest BCUT2D eigenvalue weighted by Crippen LogP contribution is -1.98. The van der Waals surface area contributed by atoms with Crippen molar-refractivity contribution in [2.24, 2.45) is 0 Å². The molecular weight excluding hydrogens is 278 g/mol. The van der Waals surface area contributed by atoms with E-state index in [0.717, 1.165) is 0 Å². The number of aryl methyl sites for hydroxylation is 1. The van der Waals surface area contributed by atoms with Gasteiger partial charge in [-0.25, -0.2) is 13.8 Å². The Kier molecular flexibility index (Phi) is 3.22. The Morgan fingerprint density at radius 1 is 1.10 bits per heavy atom. The highest BCUT2D eigenvalue weighted by atomic mass is 32.2. The third-order valence-electron chi connectivity index (χ3n) is 3.18. The lowest BCUT2D eigenvalue weighted by atomic mass is 10.2. The largest absolute Gasteiger partial charge is 0.296 e. The number of fused-ring (bicyclic) bond motifs is 1. The van der Waals surface area contributed by atoms with Crippen molar-refractivity contribution >= 4 is 22.8 Å². The number of halogens is 2. The van der Waals surface area contributed by atoms with Gasteiger partial charge in [-0.3, -0.25) is 4.57 Å². The predicted molar refractivity (Wildman–Crippen MR) is 77.5 cm³/mol. The van der Waals surface area contributed by atoms with Gasteiger partial charge in [0, 0.05) is 11.0 Å². The monoisotopic (exact) mass is 290 g/mol.